The third-order valence-corrected chi connectivity index (χ3v) is 17.3. The van der Waals surface area contributed by atoms with E-state index in [0.29, 0.717) is 32.1 Å². The number of rotatable bonds is 71. The lowest BCUT2D eigenvalue weighted by molar-refractivity contribution is -0.161. The molecule has 3 N–H and O–H groups in total. The van der Waals surface area contributed by atoms with Gasteiger partial charge >= 0.3 is 39.5 Å². The van der Waals surface area contributed by atoms with Crippen molar-refractivity contribution in [3.8, 4) is 0 Å². The zero-order valence-corrected chi connectivity index (χ0v) is 65.9. The first-order valence-corrected chi connectivity index (χ1v) is 42.0. The summed E-state index contributed by atoms with van der Waals surface area (Å²) in [5, 5.41) is 10.6. The predicted octanol–water partition coefficient (Wildman–Crippen LogP) is 22.8. The van der Waals surface area contributed by atoms with Crippen molar-refractivity contribution in [1.29, 1.82) is 0 Å². The zero-order chi connectivity index (χ0) is 76.0. The van der Waals surface area contributed by atoms with Gasteiger partial charge in [0, 0.05) is 25.7 Å². The minimum Gasteiger partial charge on any atom is -0.462 e. The topological polar surface area (TPSA) is 237 Å². The molecule has 0 fully saturated rings. The van der Waals surface area contributed by atoms with Crippen molar-refractivity contribution >= 4 is 39.5 Å². The van der Waals surface area contributed by atoms with E-state index in [9.17, 15) is 43.2 Å². The molecule has 0 saturated heterocycles. The van der Waals surface area contributed by atoms with E-state index in [1.54, 1.807) is 0 Å². The number of ether oxygens (including phenoxy) is 4. The van der Waals surface area contributed by atoms with E-state index in [2.05, 4.69) is 210 Å². The molecule has 0 aliphatic rings. The molecule has 0 aliphatic carbocycles. The van der Waals surface area contributed by atoms with Gasteiger partial charge in [-0.1, -0.05) is 255 Å². The number of hydrogen-bond donors (Lipinski definition) is 3. The summed E-state index contributed by atoms with van der Waals surface area (Å²) in [6.45, 7) is 4.27. The number of carbonyl (C=O) groups excluding carboxylic acids is 4. The van der Waals surface area contributed by atoms with E-state index in [0.717, 1.165) is 186 Å². The van der Waals surface area contributed by atoms with Crippen LogP contribution in [0.3, 0.4) is 0 Å². The molecule has 0 spiro atoms. The first-order chi connectivity index (χ1) is 50.7. The molecule has 588 valence electrons. The van der Waals surface area contributed by atoms with Crippen LogP contribution in [0.15, 0.2) is 182 Å². The Labute approximate surface area is 628 Å². The van der Waals surface area contributed by atoms with Crippen molar-refractivity contribution < 1.29 is 80.2 Å². The van der Waals surface area contributed by atoms with Gasteiger partial charge in [-0.15, -0.1) is 0 Å². The van der Waals surface area contributed by atoms with E-state index in [-0.39, 0.29) is 25.7 Å². The first-order valence-electron chi connectivity index (χ1n) is 39.0. The van der Waals surface area contributed by atoms with E-state index in [1.807, 2.05) is 0 Å². The van der Waals surface area contributed by atoms with E-state index in [1.165, 1.54) is 0 Å². The highest BCUT2D eigenvalue weighted by molar-refractivity contribution is 7.47. The van der Waals surface area contributed by atoms with Crippen molar-refractivity contribution in [2.45, 2.75) is 290 Å². The second kappa shape index (κ2) is 75.4. The van der Waals surface area contributed by atoms with Crippen molar-refractivity contribution in [2.24, 2.45) is 0 Å². The molecule has 0 aromatic carbocycles. The highest BCUT2D eigenvalue weighted by Gasteiger charge is 2.30. The number of phosphoric ester groups is 2. The van der Waals surface area contributed by atoms with Gasteiger partial charge in [0.1, 0.15) is 19.3 Å². The van der Waals surface area contributed by atoms with Gasteiger partial charge in [-0.05, 0) is 173 Å². The van der Waals surface area contributed by atoms with Gasteiger partial charge in [-0.25, -0.2) is 9.13 Å². The van der Waals surface area contributed by atoms with E-state index in [4.69, 9.17) is 37.0 Å². The maximum absolute atomic E-state index is 13.1. The van der Waals surface area contributed by atoms with E-state index < -0.39 is 97.5 Å². The summed E-state index contributed by atoms with van der Waals surface area (Å²) in [7, 11) is -10.0. The number of allylic oxidation sites excluding steroid dienone is 30. The molecule has 0 radical (unpaired) electrons. The Balaban J connectivity index is 5.47. The number of carbonyl (C=O) groups is 4. The molecule has 0 bridgehead atoms. The molecule has 0 saturated carbocycles. The average molecular weight is 1490 g/mol. The van der Waals surface area contributed by atoms with Crippen LogP contribution in [0.2, 0.25) is 0 Å². The lowest BCUT2D eigenvalue weighted by Gasteiger charge is -2.21. The van der Waals surface area contributed by atoms with Crippen LogP contribution in [-0.4, -0.2) is 96.7 Å². The highest BCUT2D eigenvalue weighted by atomic mass is 31.2. The summed E-state index contributed by atoms with van der Waals surface area (Å²) < 4.78 is 68.5. The minimum absolute atomic E-state index is 0.0271. The number of aliphatic hydroxyl groups is 1. The van der Waals surface area contributed by atoms with Gasteiger partial charge in [-0.3, -0.25) is 37.3 Å². The van der Waals surface area contributed by atoms with Crippen LogP contribution in [-0.2, 0) is 65.4 Å². The number of aliphatic hydroxyl groups excluding tert-OH is 1. The van der Waals surface area contributed by atoms with Crippen LogP contribution >= 0.6 is 15.6 Å². The smallest absolute Gasteiger partial charge is 0.462 e. The minimum atomic E-state index is -5.01. The quantitative estimate of drug-likeness (QED) is 0.0169. The van der Waals surface area contributed by atoms with Crippen LogP contribution in [0.1, 0.15) is 272 Å². The lowest BCUT2D eigenvalue weighted by atomic mass is 10.1. The SMILES string of the molecule is CC/C=C\C/C=C\C/C=C\C/C=C\C/C=C\CCCCCC(=O)OCC(COP(=O)(O)OCC(O)COP(=O)(O)OCC(COC(=O)CCCCCCC/C=C\C/C=C\C/C=C\CC)OC(=O)CCCCCCC/C=C\C/C=C\C/C=C\CC)OC(=O)CCCC/C=C\C/C=C\C/C=C\C/C=C\CC. The summed E-state index contributed by atoms with van der Waals surface area (Å²) in [6.07, 6.45) is 90.2. The van der Waals surface area contributed by atoms with Crippen molar-refractivity contribution in [3.05, 3.63) is 182 Å². The number of hydrogen-bond acceptors (Lipinski definition) is 15. The van der Waals surface area contributed by atoms with Gasteiger partial charge in [-0.2, -0.15) is 0 Å². The lowest BCUT2D eigenvalue weighted by Crippen LogP contribution is -2.30. The normalized spacial score (nSPS) is 14.9. The molecule has 0 aromatic heterocycles. The second-order valence-corrected chi connectivity index (χ2v) is 28.0. The molecule has 5 atom stereocenters. The molecule has 0 heterocycles. The Kier molecular flexibility index (Phi) is 71.2. The fraction of sp³-hybridized carbons (Fsp3) is 0.600. The van der Waals surface area contributed by atoms with Crippen LogP contribution in [0.5, 0.6) is 0 Å². The van der Waals surface area contributed by atoms with Crippen molar-refractivity contribution in [3.63, 3.8) is 0 Å². The number of phosphoric acid groups is 2. The molecular weight excluding hydrogens is 1350 g/mol. The van der Waals surface area contributed by atoms with Gasteiger partial charge in [0.25, 0.3) is 0 Å². The fourth-order valence-electron chi connectivity index (χ4n) is 9.56. The highest BCUT2D eigenvalue weighted by Crippen LogP contribution is 2.45. The summed E-state index contributed by atoms with van der Waals surface area (Å²) in [6, 6.07) is 0. The van der Waals surface area contributed by atoms with Gasteiger partial charge in [0.05, 0.1) is 26.4 Å². The summed E-state index contributed by atoms with van der Waals surface area (Å²) in [5.41, 5.74) is 0. The Bertz CT molecular complexity index is 2690. The standard InChI is InChI=1S/C85H136O17P2/c1-5-9-13-17-21-25-29-33-37-38-39-40-44-46-50-54-58-62-66-70-83(88)96-76-81(102-85(90)72-68-64-60-56-52-48-43-36-32-28-24-20-16-12-8-4)78-100-104(93,94)98-74-79(86)73-97-103(91,92)99-77-80(101-84(89)71-67-63-59-55-51-47-42-35-31-27-23-19-15-11-7-3)75-95-82(87)69-65-61-57-53-49-45-41-34-30-26-22-18-14-10-6-2/h9-16,21-28,33-37,39-43,46,50,52,56,79-81,86H,5-8,17-20,29-32,38,44-45,47-49,51,53-55,57-78H2,1-4H3,(H,91,92)(H,93,94)/b13-9-,14-10-,15-11-,16-12-,25-21-,26-22-,27-23-,28-24-,37-33-,40-39-,41-34-,42-35-,43-36-,50-46-,56-52-. The van der Waals surface area contributed by atoms with E-state index >= 15 is 0 Å². The molecule has 0 aromatic rings. The van der Waals surface area contributed by atoms with Crippen LogP contribution < -0.4 is 0 Å². The molecular formula is C85H136O17P2. The Morgan fingerprint density at radius 3 is 0.750 bits per heavy atom. The third-order valence-electron chi connectivity index (χ3n) is 15.4. The molecule has 0 amide bonds. The Morgan fingerprint density at radius 1 is 0.269 bits per heavy atom. The van der Waals surface area contributed by atoms with Gasteiger partial charge in [0.2, 0.25) is 0 Å². The number of unbranched alkanes of at least 4 members (excludes halogenated alkanes) is 15. The zero-order valence-electron chi connectivity index (χ0n) is 64.1. The van der Waals surface area contributed by atoms with Gasteiger partial charge < -0.3 is 33.8 Å². The second-order valence-electron chi connectivity index (χ2n) is 25.1. The molecule has 19 heteroatoms. The maximum atomic E-state index is 13.1. The summed E-state index contributed by atoms with van der Waals surface area (Å²) in [4.78, 5) is 73.0. The van der Waals surface area contributed by atoms with Crippen LogP contribution in [0, 0.1) is 0 Å². The third kappa shape index (κ3) is 74.4. The molecule has 0 rings (SSSR count). The summed E-state index contributed by atoms with van der Waals surface area (Å²) in [5.74, 6) is -2.32. The summed E-state index contributed by atoms with van der Waals surface area (Å²) >= 11 is 0. The monoisotopic (exact) mass is 1490 g/mol. The fourth-order valence-corrected chi connectivity index (χ4v) is 11.1. The molecule has 17 nitrogen and oxygen atoms in total. The Hall–Kier alpha value is -5.84. The predicted molar refractivity (Wildman–Crippen MR) is 426 cm³/mol. The Morgan fingerprint density at radius 2 is 0.471 bits per heavy atom. The van der Waals surface area contributed by atoms with Crippen LogP contribution in [0.25, 0.3) is 0 Å². The molecule has 0 aliphatic heterocycles. The van der Waals surface area contributed by atoms with Crippen molar-refractivity contribution in [2.75, 3.05) is 39.6 Å². The molecule has 104 heavy (non-hydrogen) atoms. The number of esters is 4. The van der Waals surface area contributed by atoms with Crippen LogP contribution in [0.4, 0.5) is 0 Å². The van der Waals surface area contributed by atoms with Crippen molar-refractivity contribution in [1.82, 2.24) is 0 Å². The first kappa shape index (κ1) is 98.2. The largest absolute Gasteiger partial charge is 0.472 e. The van der Waals surface area contributed by atoms with Gasteiger partial charge in [0.15, 0.2) is 12.2 Å². The average Bonchev–Trinajstić information content (AvgIpc) is 0.918. The maximum Gasteiger partial charge on any atom is 0.472 e. The molecule has 5 unspecified atom stereocenters.